The van der Waals surface area contributed by atoms with Crippen LogP contribution in [0.2, 0.25) is 0 Å². The van der Waals surface area contributed by atoms with Crippen LogP contribution in [-0.2, 0) is 25.5 Å². The van der Waals surface area contributed by atoms with Crippen LogP contribution in [0.25, 0.3) is 0 Å². The molecule has 0 aliphatic heterocycles. The van der Waals surface area contributed by atoms with Gasteiger partial charge in [0.1, 0.15) is 0 Å². The highest BCUT2D eigenvalue weighted by Gasteiger charge is 2.14. The maximum atomic E-state index is 11.5. The lowest BCUT2D eigenvalue weighted by molar-refractivity contribution is -0.141. The number of esters is 2. The summed E-state index contributed by atoms with van der Waals surface area (Å²) in [6.45, 7) is 2.26. The lowest BCUT2D eigenvalue weighted by Crippen LogP contribution is -2.04. The average molecular weight is 451 g/mol. The molecule has 0 aliphatic carbocycles. The first kappa shape index (κ1) is 27.5. The van der Waals surface area contributed by atoms with Crippen molar-refractivity contribution in [3.63, 3.8) is 0 Å². The molecular formula is C26H42O4S. The molecule has 0 spiro atoms. The Morgan fingerprint density at radius 1 is 0.806 bits per heavy atom. The SMILES string of the molecule is CCCCCCCCCc1ccc(C(CCCCC(=O)OC)SCCC(=O)OC)cc1. The summed E-state index contributed by atoms with van der Waals surface area (Å²) < 4.78 is 9.49. The molecule has 0 aromatic heterocycles. The largest absolute Gasteiger partial charge is 0.469 e. The van der Waals surface area contributed by atoms with Crippen LogP contribution in [0.1, 0.15) is 100 Å². The molecule has 0 N–H and O–H groups in total. The van der Waals surface area contributed by atoms with E-state index in [0.29, 0.717) is 18.1 Å². The number of hydrogen-bond acceptors (Lipinski definition) is 5. The quantitative estimate of drug-likeness (QED) is 0.177. The molecule has 0 fully saturated rings. The minimum absolute atomic E-state index is 0.149. The van der Waals surface area contributed by atoms with Crippen LogP contribution < -0.4 is 0 Å². The topological polar surface area (TPSA) is 52.6 Å². The van der Waals surface area contributed by atoms with Gasteiger partial charge in [0, 0.05) is 17.4 Å². The first-order chi connectivity index (χ1) is 15.1. The minimum atomic E-state index is -0.165. The summed E-state index contributed by atoms with van der Waals surface area (Å²) in [7, 11) is 2.86. The van der Waals surface area contributed by atoms with Gasteiger partial charge in [0.15, 0.2) is 0 Å². The normalized spacial score (nSPS) is 11.8. The number of rotatable bonds is 18. The molecule has 0 bridgehead atoms. The van der Waals surface area contributed by atoms with Gasteiger partial charge in [-0.2, -0.15) is 11.8 Å². The molecule has 0 saturated carbocycles. The molecular weight excluding hydrogens is 408 g/mol. The van der Waals surface area contributed by atoms with Crippen LogP contribution in [0.5, 0.6) is 0 Å². The number of methoxy groups -OCH3 is 2. The van der Waals surface area contributed by atoms with Crippen LogP contribution in [0.3, 0.4) is 0 Å². The molecule has 176 valence electrons. The Morgan fingerprint density at radius 3 is 2.06 bits per heavy atom. The summed E-state index contributed by atoms with van der Waals surface area (Å²) in [5.41, 5.74) is 2.71. The Balaban J connectivity index is 2.49. The number of ether oxygens (including phenoxy) is 2. The number of aryl methyl sites for hydroxylation is 1. The summed E-state index contributed by atoms with van der Waals surface area (Å²) in [5, 5.41) is 0.329. The Morgan fingerprint density at radius 2 is 1.42 bits per heavy atom. The Bertz CT molecular complexity index is 600. The fourth-order valence-corrected chi connectivity index (χ4v) is 4.87. The highest BCUT2D eigenvalue weighted by molar-refractivity contribution is 7.99. The van der Waals surface area contributed by atoms with E-state index >= 15 is 0 Å². The zero-order valence-electron chi connectivity index (χ0n) is 19.8. The Labute approximate surface area is 193 Å². The van der Waals surface area contributed by atoms with Crippen LogP contribution >= 0.6 is 11.8 Å². The van der Waals surface area contributed by atoms with Crippen molar-refractivity contribution >= 4 is 23.7 Å². The van der Waals surface area contributed by atoms with E-state index in [1.54, 1.807) is 11.8 Å². The lowest BCUT2D eigenvalue weighted by Gasteiger charge is -2.17. The monoisotopic (exact) mass is 450 g/mol. The van der Waals surface area contributed by atoms with E-state index in [2.05, 4.69) is 31.2 Å². The van der Waals surface area contributed by atoms with Crippen LogP contribution in [0.4, 0.5) is 0 Å². The molecule has 1 aromatic rings. The number of benzene rings is 1. The van der Waals surface area contributed by atoms with Gasteiger partial charge >= 0.3 is 11.9 Å². The Hall–Kier alpha value is -1.49. The third-order valence-electron chi connectivity index (χ3n) is 5.60. The standard InChI is InChI=1S/C26H42O4S/c1-4-5-6-7-8-9-10-13-22-16-18-23(19-17-22)24(31-21-20-26(28)30-3)14-11-12-15-25(27)29-2/h16-19,24H,4-15,20-21H2,1-3H3. The number of unbranched alkanes of at least 4 members (excludes halogenated alkanes) is 7. The zero-order valence-corrected chi connectivity index (χ0v) is 20.6. The van der Waals surface area contributed by atoms with Crippen molar-refractivity contribution in [1.29, 1.82) is 0 Å². The molecule has 1 aromatic carbocycles. The van der Waals surface area contributed by atoms with E-state index in [4.69, 9.17) is 9.47 Å². The van der Waals surface area contributed by atoms with Crippen molar-refractivity contribution in [3.05, 3.63) is 35.4 Å². The van der Waals surface area contributed by atoms with E-state index in [-0.39, 0.29) is 11.9 Å². The Kier molecular flexibility index (Phi) is 16.1. The van der Waals surface area contributed by atoms with Crippen molar-refractivity contribution in [1.82, 2.24) is 0 Å². The summed E-state index contributed by atoms with van der Waals surface area (Å²) >= 11 is 1.80. The van der Waals surface area contributed by atoms with Gasteiger partial charge in [0.05, 0.1) is 20.6 Å². The maximum absolute atomic E-state index is 11.5. The van der Waals surface area contributed by atoms with Gasteiger partial charge in [-0.05, 0) is 36.8 Å². The molecule has 0 radical (unpaired) electrons. The van der Waals surface area contributed by atoms with Crippen molar-refractivity contribution in [3.8, 4) is 0 Å². The number of carbonyl (C=O) groups excluding carboxylic acids is 2. The fourth-order valence-electron chi connectivity index (χ4n) is 3.62. The zero-order chi connectivity index (χ0) is 22.7. The molecule has 5 heteroatoms. The molecule has 4 nitrogen and oxygen atoms in total. The smallest absolute Gasteiger partial charge is 0.306 e. The van der Waals surface area contributed by atoms with Gasteiger partial charge in [-0.15, -0.1) is 0 Å². The summed E-state index contributed by atoms with van der Waals surface area (Å²) in [5.74, 6) is 0.431. The highest BCUT2D eigenvalue weighted by atomic mass is 32.2. The predicted octanol–water partition coefficient (Wildman–Crippen LogP) is 7.05. The highest BCUT2D eigenvalue weighted by Crippen LogP contribution is 2.34. The second-order valence-electron chi connectivity index (χ2n) is 8.12. The predicted molar refractivity (Wildman–Crippen MR) is 130 cm³/mol. The van der Waals surface area contributed by atoms with Crippen LogP contribution in [0, 0.1) is 0 Å². The first-order valence-electron chi connectivity index (χ1n) is 11.9. The van der Waals surface area contributed by atoms with Crippen molar-refractivity contribution in [2.75, 3.05) is 20.0 Å². The van der Waals surface area contributed by atoms with E-state index in [0.717, 1.165) is 31.4 Å². The van der Waals surface area contributed by atoms with Crippen molar-refractivity contribution in [2.45, 2.75) is 95.6 Å². The van der Waals surface area contributed by atoms with Gasteiger partial charge < -0.3 is 9.47 Å². The van der Waals surface area contributed by atoms with E-state index < -0.39 is 0 Å². The number of carbonyl (C=O) groups is 2. The van der Waals surface area contributed by atoms with Crippen LogP contribution in [0.15, 0.2) is 24.3 Å². The number of hydrogen-bond donors (Lipinski definition) is 0. The van der Waals surface area contributed by atoms with E-state index in [1.807, 2.05) is 0 Å². The molecule has 1 atom stereocenters. The fraction of sp³-hybridized carbons (Fsp3) is 0.692. The van der Waals surface area contributed by atoms with E-state index in [9.17, 15) is 9.59 Å². The first-order valence-corrected chi connectivity index (χ1v) is 13.0. The second kappa shape index (κ2) is 18.1. The van der Waals surface area contributed by atoms with Gasteiger partial charge in [0.2, 0.25) is 0 Å². The minimum Gasteiger partial charge on any atom is -0.469 e. The molecule has 0 amide bonds. The lowest BCUT2D eigenvalue weighted by atomic mass is 10.0. The number of thioether (sulfide) groups is 1. The van der Waals surface area contributed by atoms with Crippen molar-refractivity contribution < 1.29 is 19.1 Å². The second-order valence-corrected chi connectivity index (χ2v) is 9.43. The third kappa shape index (κ3) is 13.5. The molecule has 1 rings (SSSR count). The molecule has 1 unspecified atom stereocenters. The van der Waals surface area contributed by atoms with Crippen LogP contribution in [-0.4, -0.2) is 31.9 Å². The summed E-state index contributed by atoms with van der Waals surface area (Å²) in [6, 6.07) is 9.00. The van der Waals surface area contributed by atoms with Gasteiger partial charge in [-0.3, -0.25) is 9.59 Å². The van der Waals surface area contributed by atoms with Gasteiger partial charge in [-0.25, -0.2) is 0 Å². The molecule has 0 aliphatic rings. The van der Waals surface area contributed by atoms with E-state index in [1.165, 1.54) is 70.3 Å². The van der Waals surface area contributed by atoms with Gasteiger partial charge in [-0.1, -0.05) is 76.1 Å². The summed E-state index contributed by atoms with van der Waals surface area (Å²) in [4.78, 5) is 22.8. The molecule has 0 saturated heterocycles. The van der Waals surface area contributed by atoms with Gasteiger partial charge in [0.25, 0.3) is 0 Å². The molecule has 31 heavy (non-hydrogen) atoms. The maximum Gasteiger partial charge on any atom is 0.306 e. The summed E-state index contributed by atoms with van der Waals surface area (Å²) in [6.07, 6.45) is 14.2. The molecule has 0 heterocycles. The average Bonchev–Trinajstić information content (AvgIpc) is 2.80. The van der Waals surface area contributed by atoms with Crippen molar-refractivity contribution in [2.24, 2.45) is 0 Å². The third-order valence-corrected chi connectivity index (χ3v) is 6.95.